The van der Waals surface area contributed by atoms with Gasteiger partial charge in [0.15, 0.2) is 0 Å². The van der Waals surface area contributed by atoms with E-state index in [9.17, 15) is 32.7 Å². The molecule has 0 bridgehead atoms. The zero-order chi connectivity index (χ0) is 28.8. The van der Waals surface area contributed by atoms with Gasteiger partial charge in [-0.2, -0.15) is 13.2 Å². The van der Waals surface area contributed by atoms with E-state index in [1.165, 1.54) is 19.3 Å². The smallest absolute Gasteiger partial charge is 0.471 e. The van der Waals surface area contributed by atoms with Crippen molar-refractivity contribution in [2.45, 2.75) is 88.8 Å². The maximum Gasteiger partial charge on any atom is 0.471 e. The van der Waals surface area contributed by atoms with E-state index in [1.54, 1.807) is 23.5 Å². The molecule has 0 aromatic carbocycles. The molecule has 11 heteroatoms. The van der Waals surface area contributed by atoms with Gasteiger partial charge in [-0.3, -0.25) is 14.4 Å². The number of carboxylic acids is 1. The molecule has 0 saturated carbocycles. The molecule has 2 amide bonds. The lowest BCUT2D eigenvalue weighted by atomic mass is 10.1. The number of aliphatic hydroxyl groups is 1. The Labute approximate surface area is 227 Å². The molecule has 0 spiro atoms. The lowest BCUT2D eigenvalue weighted by Crippen LogP contribution is -2.52. The van der Waals surface area contributed by atoms with Crippen LogP contribution in [0.25, 0.3) is 0 Å². The third kappa shape index (κ3) is 18.7. The highest BCUT2D eigenvalue weighted by Crippen LogP contribution is 2.22. The number of thioether (sulfide) groups is 1. The van der Waals surface area contributed by atoms with Crippen molar-refractivity contribution in [3.8, 4) is 0 Å². The summed E-state index contributed by atoms with van der Waals surface area (Å²) in [4.78, 5) is 34.4. The number of alkyl halides is 3. The van der Waals surface area contributed by atoms with Crippen LogP contribution in [0.1, 0.15) is 65.2 Å². The lowest BCUT2D eigenvalue weighted by molar-refractivity contribution is -0.174. The monoisotopic (exact) mass is 562 g/mol. The highest BCUT2D eigenvalue weighted by molar-refractivity contribution is 8.00. The van der Waals surface area contributed by atoms with Crippen LogP contribution in [0.4, 0.5) is 13.2 Å². The summed E-state index contributed by atoms with van der Waals surface area (Å²) in [7, 11) is 0. The first kappa shape index (κ1) is 35.5. The molecule has 4 N–H and O–H groups in total. The number of nitrogens with one attached hydrogen (secondary N) is 2. The van der Waals surface area contributed by atoms with Gasteiger partial charge in [0.05, 0.1) is 6.10 Å². The number of carbonyl (C=O) groups excluding carboxylic acids is 2. The molecule has 0 rings (SSSR count). The third-order valence-electron chi connectivity index (χ3n) is 5.16. The summed E-state index contributed by atoms with van der Waals surface area (Å²) in [5.74, 6) is -5.06. The minimum Gasteiger partial charge on any atom is -0.480 e. The van der Waals surface area contributed by atoms with Gasteiger partial charge in [-0.25, -0.2) is 0 Å². The van der Waals surface area contributed by atoms with E-state index in [4.69, 9.17) is 5.11 Å². The van der Waals surface area contributed by atoms with Crippen LogP contribution in [0, 0.1) is 0 Å². The Morgan fingerprint density at radius 1 is 0.947 bits per heavy atom. The van der Waals surface area contributed by atoms with Gasteiger partial charge >= 0.3 is 18.1 Å². The molecular formula is C27H41F3N2O5S. The highest BCUT2D eigenvalue weighted by Gasteiger charge is 2.41. The standard InChI is InChI=1S/C27H41F3N2O5S/c1-3-5-7-8-9-10-11-12-13-14-15-16-18-23(22(33)17-6-4-2)38-20-21(25(36)31-19-24(34)35)32-26(37)27(28,29)30/h9-10,12-16,18,21-23,33H,3-8,11,17,19-20H2,1-2H3,(H,31,36)(H,32,37)(H,34,35)/t21?,22-,23+/m0/s1. The summed E-state index contributed by atoms with van der Waals surface area (Å²) in [6, 6.07) is -1.64. The number of hydrogen-bond acceptors (Lipinski definition) is 5. The van der Waals surface area contributed by atoms with Crippen LogP contribution in [0.5, 0.6) is 0 Å². The molecule has 38 heavy (non-hydrogen) atoms. The van der Waals surface area contributed by atoms with Gasteiger partial charge in [-0.1, -0.05) is 88.1 Å². The van der Waals surface area contributed by atoms with Gasteiger partial charge in [0.2, 0.25) is 5.91 Å². The van der Waals surface area contributed by atoms with E-state index in [1.807, 2.05) is 30.5 Å². The van der Waals surface area contributed by atoms with Crippen LogP contribution in [0.2, 0.25) is 0 Å². The normalized spacial score (nSPS) is 14.9. The molecule has 1 unspecified atom stereocenters. The van der Waals surface area contributed by atoms with E-state index >= 15 is 0 Å². The number of hydrogen-bond donors (Lipinski definition) is 4. The van der Waals surface area contributed by atoms with Crippen molar-refractivity contribution in [1.29, 1.82) is 0 Å². The number of aliphatic carboxylic acids is 1. The molecule has 7 nitrogen and oxygen atoms in total. The number of aliphatic hydroxyl groups excluding tert-OH is 1. The fraction of sp³-hybridized carbons (Fsp3) is 0.593. The molecule has 0 aromatic heterocycles. The number of unbranched alkanes of at least 4 members (excludes halogenated alkanes) is 4. The van der Waals surface area contributed by atoms with Crippen molar-refractivity contribution >= 4 is 29.5 Å². The third-order valence-corrected chi connectivity index (χ3v) is 6.55. The summed E-state index contributed by atoms with van der Waals surface area (Å²) in [6.45, 7) is 3.31. The average molecular weight is 563 g/mol. The van der Waals surface area contributed by atoms with Crippen LogP contribution in [-0.2, 0) is 14.4 Å². The Bertz CT molecular complexity index is 813. The molecule has 0 saturated heterocycles. The molecule has 216 valence electrons. The number of allylic oxidation sites excluding steroid dienone is 7. The summed E-state index contributed by atoms with van der Waals surface area (Å²) in [5.41, 5.74) is 0. The van der Waals surface area contributed by atoms with Crippen LogP contribution < -0.4 is 10.6 Å². The molecule has 0 heterocycles. The van der Waals surface area contributed by atoms with Gasteiger partial charge < -0.3 is 20.8 Å². The zero-order valence-corrected chi connectivity index (χ0v) is 22.9. The summed E-state index contributed by atoms with van der Waals surface area (Å²) in [5, 5.41) is 22.3. The van der Waals surface area contributed by atoms with Gasteiger partial charge in [0.25, 0.3) is 0 Å². The lowest BCUT2D eigenvalue weighted by Gasteiger charge is -2.23. The fourth-order valence-corrected chi connectivity index (χ4v) is 4.26. The molecule has 0 aliphatic heterocycles. The second-order valence-electron chi connectivity index (χ2n) is 8.54. The summed E-state index contributed by atoms with van der Waals surface area (Å²) < 4.78 is 38.2. The largest absolute Gasteiger partial charge is 0.480 e. The first-order valence-electron chi connectivity index (χ1n) is 12.8. The van der Waals surface area contributed by atoms with Crippen molar-refractivity contribution in [2.75, 3.05) is 12.3 Å². The van der Waals surface area contributed by atoms with Crippen molar-refractivity contribution in [1.82, 2.24) is 10.6 Å². The van der Waals surface area contributed by atoms with Crippen LogP contribution in [-0.4, -0.2) is 63.9 Å². The summed E-state index contributed by atoms with van der Waals surface area (Å²) >= 11 is 0.998. The SMILES string of the molecule is CCCCCC=CCC=CC=CC=C[C@@H](SCC(NC(=O)C(F)(F)F)C(=O)NCC(=O)O)[C@@H](O)CCCC. The maximum absolute atomic E-state index is 12.7. The number of halogens is 3. The van der Waals surface area contributed by atoms with Gasteiger partial charge in [-0.05, 0) is 25.7 Å². The van der Waals surface area contributed by atoms with Gasteiger partial charge in [0.1, 0.15) is 12.6 Å². The zero-order valence-electron chi connectivity index (χ0n) is 22.1. The first-order valence-corrected chi connectivity index (χ1v) is 13.9. The minimum absolute atomic E-state index is 0.306. The predicted octanol–water partition coefficient (Wildman–Crippen LogP) is 5.08. The Hall–Kier alpha value is -2.53. The first-order chi connectivity index (χ1) is 18.0. The van der Waals surface area contributed by atoms with Crippen molar-refractivity contribution in [3.63, 3.8) is 0 Å². The molecular weight excluding hydrogens is 521 g/mol. The maximum atomic E-state index is 12.7. The van der Waals surface area contributed by atoms with Gasteiger partial charge in [-0.15, -0.1) is 11.8 Å². The van der Waals surface area contributed by atoms with E-state index in [2.05, 4.69) is 19.1 Å². The van der Waals surface area contributed by atoms with Crippen molar-refractivity contribution in [3.05, 3.63) is 48.6 Å². The number of carboxylic acid groups (broad SMARTS) is 1. The Kier molecular flexibility index (Phi) is 20.0. The van der Waals surface area contributed by atoms with Crippen LogP contribution in [0.3, 0.4) is 0 Å². The minimum atomic E-state index is -5.21. The Morgan fingerprint density at radius 3 is 2.26 bits per heavy atom. The number of amides is 2. The van der Waals surface area contributed by atoms with E-state index in [-0.39, 0.29) is 5.75 Å². The molecule has 0 aliphatic rings. The second-order valence-corrected chi connectivity index (χ2v) is 9.75. The van der Waals surface area contributed by atoms with Crippen LogP contribution >= 0.6 is 11.8 Å². The predicted molar refractivity (Wildman–Crippen MR) is 146 cm³/mol. The van der Waals surface area contributed by atoms with Crippen molar-refractivity contribution < 1.29 is 37.8 Å². The van der Waals surface area contributed by atoms with E-state index in [0.29, 0.717) is 6.42 Å². The van der Waals surface area contributed by atoms with E-state index < -0.39 is 47.9 Å². The van der Waals surface area contributed by atoms with Crippen LogP contribution in [0.15, 0.2) is 48.6 Å². The topological polar surface area (TPSA) is 116 Å². The summed E-state index contributed by atoms with van der Waals surface area (Å²) in [6.07, 6.45) is 16.5. The van der Waals surface area contributed by atoms with Crippen molar-refractivity contribution in [2.24, 2.45) is 0 Å². The highest BCUT2D eigenvalue weighted by atomic mass is 32.2. The Balaban J connectivity index is 5.19. The molecule has 0 fully saturated rings. The van der Waals surface area contributed by atoms with E-state index in [0.717, 1.165) is 37.4 Å². The molecule has 3 atom stereocenters. The average Bonchev–Trinajstić information content (AvgIpc) is 2.86. The van der Waals surface area contributed by atoms with Gasteiger partial charge in [0, 0.05) is 11.0 Å². The molecule has 0 aliphatic carbocycles. The quantitative estimate of drug-likeness (QED) is 0.0934. The second kappa shape index (κ2) is 21.4. The Morgan fingerprint density at radius 2 is 1.63 bits per heavy atom. The molecule has 0 aromatic rings. The molecule has 0 radical (unpaired) electrons. The fourth-order valence-electron chi connectivity index (χ4n) is 3.05. The number of carbonyl (C=O) groups is 3. The number of rotatable bonds is 20.